The quantitative estimate of drug-likeness (QED) is 0.623. The Kier molecular flexibility index (Phi) is 8.08. The molecular weight excluding hydrogens is 382 g/mol. The maximum Gasteiger partial charge on any atom is 0.241 e. The van der Waals surface area contributed by atoms with Gasteiger partial charge in [0.25, 0.3) is 0 Å². The third-order valence-corrected chi connectivity index (χ3v) is 4.45. The average molecular weight is 407 g/mol. The number of hydrogen-bond donors (Lipinski definition) is 3. The number of benzene rings is 2. The standard InChI is InChI=1S/C22H25N5O3/c1-4-27(15(2)22(30)26-20-7-5-17(13-23)6-8-20)14-21(29)25-19-11-9-18(10-12-19)24-16(3)28/h5-12,15H,4,14H2,1-3H3,(H,24,28)(H,25,29)(H,26,30)/t15-/m1/s1. The molecule has 0 spiro atoms. The molecule has 3 amide bonds. The molecule has 156 valence electrons. The van der Waals surface area contributed by atoms with Crippen molar-refractivity contribution in [2.75, 3.05) is 29.0 Å². The Morgan fingerprint density at radius 1 is 0.933 bits per heavy atom. The lowest BCUT2D eigenvalue weighted by Crippen LogP contribution is -2.45. The van der Waals surface area contributed by atoms with E-state index in [1.165, 1.54) is 6.92 Å². The van der Waals surface area contributed by atoms with Crippen molar-refractivity contribution in [1.82, 2.24) is 4.90 Å². The zero-order valence-corrected chi connectivity index (χ0v) is 17.2. The number of anilines is 3. The first kappa shape index (κ1) is 22.6. The zero-order chi connectivity index (χ0) is 22.1. The molecule has 3 N–H and O–H groups in total. The summed E-state index contributed by atoms with van der Waals surface area (Å²) in [6, 6.07) is 14.9. The maximum absolute atomic E-state index is 12.5. The highest BCUT2D eigenvalue weighted by molar-refractivity contribution is 5.96. The van der Waals surface area contributed by atoms with E-state index in [1.807, 2.05) is 13.0 Å². The number of rotatable bonds is 8. The second-order valence-corrected chi connectivity index (χ2v) is 6.72. The largest absolute Gasteiger partial charge is 0.326 e. The van der Waals surface area contributed by atoms with E-state index in [0.717, 1.165) is 0 Å². The van der Waals surface area contributed by atoms with Gasteiger partial charge in [-0.05, 0) is 62.0 Å². The molecule has 0 aliphatic carbocycles. The monoisotopic (exact) mass is 407 g/mol. The summed E-state index contributed by atoms with van der Waals surface area (Å²) in [6.07, 6.45) is 0. The van der Waals surface area contributed by atoms with Crippen LogP contribution in [0.15, 0.2) is 48.5 Å². The van der Waals surface area contributed by atoms with E-state index in [2.05, 4.69) is 16.0 Å². The smallest absolute Gasteiger partial charge is 0.241 e. The number of nitrogens with one attached hydrogen (secondary N) is 3. The molecule has 2 aromatic rings. The van der Waals surface area contributed by atoms with Gasteiger partial charge in [0.05, 0.1) is 24.2 Å². The second-order valence-electron chi connectivity index (χ2n) is 6.72. The lowest BCUT2D eigenvalue weighted by molar-refractivity contribution is -0.123. The molecule has 0 aliphatic rings. The third kappa shape index (κ3) is 6.72. The van der Waals surface area contributed by atoms with E-state index < -0.39 is 6.04 Å². The van der Waals surface area contributed by atoms with E-state index >= 15 is 0 Å². The molecule has 0 saturated heterocycles. The summed E-state index contributed by atoms with van der Waals surface area (Å²) in [7, 11) is 0. The molecule has 0 radical (unpaired) electrons. The maximum atomic E-state index is 12.5. The first-order valence-corrected chi connectivity index (χ1v) is 9.55. The van der Waals surface area contributed by atoms with Gasteiger partial charge in [-0.25, -0.2) is 0 Å². The number of carbonyl (C=O) groups is 3. The van der Waals surface area contributed by atoms with Crippen LogP contribution in [0.5, 0.6) is 0 Å². The van der Waals surface area contributed by atoms with Gasteiger partial charge in [0.2, 0.25) is 17.7 Å². The predicted octanol–water partition coefficient (Wildman–Crippen LogP) is 2.80. The van der Waals surface area contributed by atoms with Crippen LogP contribution in [0.2, 0.25) is 0 Å². The highest BCUT2D eigenvalue weighted by atomic mass is 16.2. The Morgan fingerprint density at radius 3 is 1.93 bits per heavy atom. The summed E-state index contributed by atoms with van der Waals surface area (Å²) in [5.74, 6) is -0.658. The molecule has 0 unspecified atom stereocenters. The number of likely N-dealkylation sites (N-methyl/N-ethyl adjacent to an activating group) is 1. The fraction of sp³-hybridized carbons (Fsp3) is 0.273. The molecule has 0 aliphatic heterocycles. The normalized spacial score (nSPS) is 11.3. The molecule has 8 heteroatoms. The van der Waals surface area contributed by atoms with Gasteiger partial charge in [0.1, 0.15) is 0 Å². The van der Waals surface area contributed by atoms with Gasteiger partial charge in [0.15, 0.2) is 0 Å². The van der Waals surface area contributed by atoms with Crippen LogP contribution in [0.25, 0.3) is 0 Å². The van der Waals surface area contributed by atoms with Crippen LogP contribution < -0.4 is 16.0 Å². The van der Waals surface area contributed by atoms with Crippen molar-refractivity contribution in [2.45, 2.75) is 26.8 Å². The van der Waals surface area contributed by atoms with E-state index in [1.54, 1.807) is 60.4 Å². The number of amides is 3. The Bertz CT molecular complexity index is 933. The van der Waals surface area contributed by atoms with Crippen molar-refractivity contribution in [1.29, 1.82) is 5.26 Å². The topological polar surface area (TPSA) is 114 Å². The van der Waals surface area contributed by atoms with Crippen LogP contribution in [0.3, 0.4) is 0 Å². The highest BCUT2D eigenvalue weighted by Crippen LogP contribution is 2.14. The van der Waals surface area contributed by atoms with Gasteiger partial charge < -0.3 is 16.0 Å². The number of hydrogen-bond acceptors (Lipinski definition) is 5. The summed E-state index contributed by atoms with van der Waals surface area (Å²) in [5.41, 5.74) is 2.34. The molecule has 0 aromatic heterocycles. The summed E-state index contributed by atoms with van der Waals surface area (Å²) >= 11 is 0. The molecule has 8 nitrogen and oxygen atoms in total. The Balaban J connectivity index is 1.92. The van der Waals surface area contributed by atoms with Crippen molar-refractivity contribution < 1.29 is 14.4 Å². The molecule has 2 aromatic carbocycles. The van der Waals surface area contributed by atoms with Gasteiger partial charge in [-0.3, -0.25) is 19.3 Å². The summed E-state index contributed by atoms with van der Waals surface area (Å²) in [6.45, 7) is 5.59. The lowest BCUT2D eigenvalue weighted by atomic mass is 10.2. The molecule has 0 heterocycles. The van der Waals surface area contributed by atoms with Crippen molar-refractivity contribution in [3.8, 4) is 6.07 Å². The molecule has 2 rings (SSSR count). The third-order valence-electron chi connectivity index (χ3n) is 4.45. The summed E-state index contributed by atoms with van der Waals surface area (Å²) in [4.78, 5) is 37.8. The SMILES string of the molecule is CCN(CC(=O)Nc1ccc(NC(C)=O)cc1)[C@H](C)C(=O)Nc1ccc(C#N)cc1. The van der Waals surface area contributed by atoms with Crippen LogP contribution in [-0.2, 0) is 14.4 Å². The molecule has 0 fully saturated rings. The highest BCUT2D eigenvalue weighted by Gasteiger charge is 2.22. The van der Waals surface area contributed by atoms with Gasteiger partial charge in [-0.2, -0.15) is 5.26 Å². The van der Waals surface area contributed by atoms with E-state index in [-0.39, 0.29) is 24.3 Å². The fourth-order valence-corrected chi connectivity index (χ4v) is 2.79. The van der Waals surface area contributed by atoms with Crippen molar-refractivity contribution in [3.63, 3.8) is 0 Å². The van der Waals surface area contributed by atoms with Gasteiger partial charge >= 0.3 is 0 Å². The Morgan fingerprint density at radius 2 is 1.43 bits per heavy atom. The van der Waals surface area contributed by atoms with Crippen molar-refractivity contribution in [2.24, 2.45) is 0 Å². The second kappa shape index (κ2) is 10.7. The number of nitriles is 1. The lowest BCUT2D eigenvalue weighted by Gasteiger charge is -2.26. The van der Waals surface area contributed by atoms with Gasteiger partial charge in [-0.1, -0.05) is 6.92 Å². The van der Waals surface area contributed by atoms with Crippen LogP contribution in [0.4, 0.5) is 17.1 Å². The van der Waals surface area contributed by atoms with Crippen LogP contribution in [-0.4, -0.2) is 41.8 Å². The molecule has 0 bridgehead atoms. The average Bonchev–Trinajstić information content (AvgIpc) is 2.73. The van der Waals surface area contributed by atoms with E-state index in [0.29, 0.717) is 29.2 Å². The summed E-state index contributed by atoms with van der Waals surface area (Å²) < 4.78 is 0. The number of nitrogens with zero attached hydrogens (tertiary/aromatic N) is 2. The fourth-order valence-electron chi connectivity index (χ4n) is 2.79. The molecule has 0 saturated carbocycles. The van der Waals surface area contributed by atoms with E-state index in [4.69, 9.17) is 5.26 Å². The van der Waals surface area contributed by atoms with Gasteiger partial charge in [-0.15, -0.1) is 0 Å². The van der Waals surface area contributed by atoms with Crippen molar-refractivity contribution in [3.05, 3.63) is 54.1 Å². The molecule has 30 heavy (non-hydrogen) atoms. The molecular formula is C22H25N5O3. The van der Waals surface area contributed by atoms with Crippen molar-refractivity contribution >= 4 is 34.8 Å². The predicted molar refractivity (Wildman–Crippen MR) is 116 cm³/mol. The minimum Gasteiger partial charge on any atom is -0.326 e. The Hall–Kier alpha value is -3.70. The Labute approximate surface area is 175 Å². The number of carbonyl (C=O) groups excluding carboxylic acids is 3. The van der Waals surface area contributed by atoms with Crippen LogP contribution in [0.1, 0.15) is 26.3 Å². The van der Waals surface area contributed by atoms with Crippen LogP contribution >= 0.6 is 0 Å². The zero-order valence-electron chi connectivity index (χ0n) is 17.2. The molecule has 1 atom stereocenters. The van der Waals surface area contributed by atoms with Gasteiger partial charge in [0, 0.05) is 24.0 Å². The first-order chi connectivity index (χ1) is 14.3. The minimum atomic E-state index is -0.529. The van der Waals surface area contributed by atoms with E-state index in [9.17, 15) is 14.4 Å². The first-order valence-electron chi connectivity index (χ1n) is 9.55. The van der Waals surface area contributed by atoms with Crippen LogP contribution in [0, 0.1) is 11.3 Å². The minimum absolute atomic E-state index is 0.0475. The summed E-state index contributed by atoms with van der Waals surface area (Å²) in [5, 5.41) is 17.1.